The highest BCUT2D eigenvalue weighted by Crippen LogP contribution is 2.38. The van der Waals surface area contributed by atoms with Crippen LogP contribution in [0.3, 0.4) is 0 Å². The van der Waals surface area contributed by atoms with Gasteiger partial charge in [0.05, 0.1) is 27.7 Å². The molecule has 3 aromatic heterocycles. The summed E-state index contributed by atoms with van der Waals surface area (Å²) in [5.41, 5.74) is 5.20. The van der Waals surface area contributed by atoms with E-state index in [0.717, 1.165) is 33.0 Å². The minimum Gasteiger partial charge on any atom is -0.456 e. The molecule has 50 heavy (non-hydrogen) atoms. The van der Waals surface area contributed by atoms with Crippen LogP contribution >= 0.6 is 0 Å². The molecule has 0 atom stereocenters. The molecule has 0 spiro atoms. The standard InChI is InChI=1S/C45H28N4O/c1-3-13-29(14-4-1)31-24-26-40(49-38-20-10-7-17-33(38)34-18-8-11-21-39(34)49)37(27-31)45-47-43(30-15-5-2-6-16-30)46-44(48-45)32-23-25-36-35-19-9-12-22-41(35)50-42(36)28-32/h1-28H/i7D,8D,10D,11D,17D,18D,20D,21D. The third-order valence-electron chi connectivity index (χ3n) is 8.92. The van der Waals surface area contributed by atoms with E-state index in [-0.39, 0.29) is 27.6 Å². The van der Waals surface area contributed by atoms with Crippen molar-refractivity contribution in [1.82, 2.24) is 19.5 Å². The van der Waals surface area contributed by atoms with Crippen LogP contribution in [-0.2, 0) is 0 Å². The molecular formula is C45H28N4O. The summed E-state index contributed by atoms with van der Waals surface area (Å²) in [6.45, 7) is 0. The lowest BCUT2D eigenvalue weighted by Gasteiger charge is -2.16. The van der Waals surface area contributed by atoms with Gasteiger partial charge in [-0.3, -0.25) is 0 Å². The molecule has 10 aromatic rings. The van der Waals surface area contributed by atoms with E-state index in [1.165, 1.54) is 4.57 Å². The van der Waals surface area contributed by atoms with E-state index >= 15 is 0 Å². The van der Waals surface area contributed by atoms with Gasteiger partial charge in [-0.15, -0.1) is 0 Å². The van der Waals surface area contributed by atoms with Crippen LogP contribution in [0.15, 0.2) is 174 Å². The van der Waals surface area contributed by atoms with Crippen LogP contribution in [-0.4, -0.2) is 19.5 Å². The van der Waals surface area contributed by atoms with Gasteiger partial charge < -0.3 is 8.98 Å². The fraction of sp³-hybridized carbons (Fsp3) is 0. The van der Waals surface area contributed by atoms with E-state index < -0.39 is 48.3 Å². The second kappa shape index (κ2) is 11.4. The van der Waals surface area contributed by atoms with Crippen molar-refractivity contribution < 1.29 is 15.4 Å². The highest BCUT2D eigenvalue weighted by molar-refractivity contribution is 6.10. The maximum atomic E-state index is 9.17. The van der Waals surface area contributed by atoms with Gasteiger partial charge in [0.2, 0.25) is 0 Å². The first-order valence-electron chi connectivity index (χ1n) is 20.0. The minimum absolute atomic E-state index is 0.00499. The Morgan fingerprint density at radius 1 is 0.440 bits per heavy atom. The highest BCUT2D eigenvalue weighted by Gasteiger charge is 2.20. The molecule has 7 aromatic carbocycles. The van der Waals surface area contributed by atoms with Gasteiger partial charge in [0.1, 0.15) is 11.2 Å². The molecule has 0 fully saturated rings. The third kappa shape index (κ3) is 4.60. The second-order valence-corrected chi connectivity index (χ2v) is 11.9. The molecule has 234 valence electrons. The lowest BCUT2D eigenvalue weighted by Crippen LogP contribution is -2.04. The Morgan fingerprint density at radius 2 is 1.02 bits per heavy atom. The number of fused-ring (bicyclic) bond motifs is 6. The SMILES string of the molecule is [2H]c1c([2H])c([2H])c2c(c1[2H])c1c([2H])c([2H])c([2H])c([2H])c1n2-c1ccc(-c2ccccc2)cc1-c1nc(-c2ccccc2)nc(-c2ccc3c(c2)oc2ccccc23)n1. The van der Waals surface area contributed by atoms with Crippen LogP contribution in [0.5, 0.6) is 0 Å². The fourth-order valence-electron chi connectivity index (χ4n) is 6.59. The monoisotopic (exact) mass is 648 g/mol. The molecule has 0 bridgehead atoms. The van der Waals surface area contributed by atoms with Gasteiger partial charge in [-0.25, -0.2) is 15.0 Å². The van der Waals surface area contributed by atoms with Crippen molar-refractivity contribution in [3.8, 4) is 51.0 Å². The highest BCUT2D eigenvalue weighted by atomic mass is 16.3. The van der Waals surface area contributed by atoms with Gasteiger partial charge in [0, 0.05) is 38.2 Å². The predicted octanol–water partition coefficient (Wildman–Crippen LogP) is 11.5. The van der Waals surface area contributed by atoms with Crippen LogP contribution in [0.1, 0.15) is 11.0 Å². The molecule has 0 aliphatic carbocycles. The van der Waals surface area contributed by atoms with Crippen molar-refractivity contribution in [3.05, 3.63) is 170 Å². The second-order valence-electron chi connectivity index (χ2n) is 11.9. The number of furan rings is 1. The summed E-state index contributed by atoms with van der Waals surface area (Å²) in [6, 6.07) is 34.6. The molecule has 5 heteroatoms. The Hall–Kier alpha value is -6.85. The van der Waals surface area contributed by atoms with E-state index in [1.54, 1.807) is 6.07 Å². The number of hydrogen-bond acceptors (Lipinski definition) is 4. The van der Waals surface area contributed by atoms with E-state index in [9.17, 15) is 0 Å². The Bertz CT molecular complexity index is 3250. The molecule has 0 N–H and O–H groups in total. The summed E-state index contributed by atoms with van der Waals surface area (Å²) < 4.78 is 78.5. The molecule has 0 aliphatic rings. The lowest BCUT2D eigenvalue weighted by molar-refractivity contribution is 0.669. The summed E-state index contributed by atoms with van der Waals surface area (Å²) in [5, 5.41) is 1.88. The molecule has 10 rings (SSSR count). The summed E-state index contributed by atoms with van der Waals surface area (Å²) in [7, 11) is 0. The number of nitrogens with zero attached hydrogens (tertiary/aromatic N) is 4. The van der Waals surface area contributed by atoms with E-state index in [0.29, 0.717) is 34.0 Å². The Balaban J connectivity index is 1.33. The van der Waals surface area contributed by atoms with Gasteiger partial charge >= 0.3 is 0 Å². The van der Waals surface area contributed by atoms with Crippen LogP contribution in [0.2, 0.25) is 0 Å². The topological polar surface area (TPSA) is 56.7 Å². The van der Waals surface area contributed by atoms with Gasteiger partial charge in [0.25, 0.3) is 0 Å². The van der Waals surface area contributed by atoms with E-state index in [2.05, 4.69) is 0 Å². The van der Waals surface area contributed by atoms with Gasteiger partial charge in [-0.05, 0) is 53.5 Å². The van der Waals surface area contributed by atoms with Crippen LogP contribution in [0, 0.1) is 0 Å². The zero-order valence-corrected chi connectivity index (χ0v) is 26.2. The first-order chi connectivity index (χ1) is 28.1. The average Bonchev–Trinajstić information content (AvgIpc) is 3.83. The van der Waals surface area contributed by atoms with Crippen LogP contribution < -0.4 is 0 Å². The number of rotatable bonds is 5. The summed E-state index contributed by atoms with van der Waals surface area (Å²) in [6.07, 6.45) is 0. The predicted molar refractivity (Wildman–Crippen MR) is 203 cm³/mol. The minimum atomic E-state index is -0.514. The zero-order valence-electron chi connectivity index (χ0n) is 34.2. The van der Waals surface area contributed by atoms with Crippen molar-refractivity contribution in [2.75, 3.05) is 0 Å². The Labute approximate surface area is 299 Å². The van der Waals surface area contributed by atoms with Crippen LogP contribution in [0.25, 0.3) is 94.7 Å². The van der Waals surface area contributed by atoms with Gasteiger partial charge in [-0.1, -0.05) is 127 Å². The van der Waals surface area contributed by atoms with Gasteiger partial charge in [0.15, 0.2) is 17.5 Å². The molecule has 0 amide bonds. The number of para-hydroxylation sites is 3. The summed E-state index contributed by atoms with van der Waals surface area (Å²) in [5.74, 6) is 0.929. The first kappa shape index (κ1) is 21.2. The fourth-order valence-corrected chi connectivity index (χ4v) is 6.59. The first-order valence-corrected chi connectivity index (χ1v) is 16.0. The van der Waals surface area contributed by atoms with Crippen molar-refractivity contribution in [2.45, 2.75) is 0 Å². The molecule has 5 nitrogen and oxygen atoms in total. The number of hydrogen-bond donors (Lipinski definition) is 0. The normalized spacial score (nSPS) is 13.8. The molecule has 0 unspecified atom stereocenters. The molecule has 3 heterocycles. The number of aromatic nitrogens is 4. The van der Waals surface area contributed by atoms with Crippen molar-refractivity contribution >= 4 is 43.7 Å². The largest absolute Gasteiger partial charge is 0.456 e. The smallest absolute Gasteiger partial charge is 0.166 e. The van der Waals surface area contributed by atoms with Crippen molar-refractivity contribution in [3.63, 3.8) is 0 Å². The molecular weight excluding hydrogens is 613 g/mol. The molecule has 0 saturated carbocycles. The quantitative estimate of drug-likeness (QED) is 0.186. The summed E-state index contributed by atoms with van der Waals surface area (Å²) in [4.78, 5) is 15.1. The summed E-state index contributed by atoms with van der Waals surface area (Å²) >= 11 is 0. The van der Waals surface area contributed by atoms with Crippen molar-refractivity contribution in [2.24, 2.45) is 0 Å². The van der Waals surface area contributed by atoms with E-state index in [1.807, 2.05) is 115 Å². The van der Waals surface area contributed by atoms with E-state index in [4.69, 9.17) is 30.3 Å². The van der Waals surface area contributed by atoms with Crippen molar-refractivity contribution in [1.29, 1.82) is 0 Å². The molecule has 0 saturated heterocycles. The lowest BCUT2D eigenvalue weighted by atomic mass is 10.0. The zero-order chi connectivity index (χ0) is 40.0. The average molecular weight is 649 g/mol. The van der Waals surface area contributed by atoms with Crippen LogP contribution in [0.4, 0.5) is 0 Å². The Morgan fingerprint density at radius 3 is 1.76 bits per heavy atom. The number of benzene rings is 7. The third-order valence-corrected chi connectivity index (χ3v) is 8.92. The maximum Gasteiger partial charge on any atom is 0.166 e. The maximum absolute atomic E-state index is 9.17. The Kier molecular flexibility index (Phi) is 4.83. The molecule has 0 aliphatic heterocycles. The molecule has 0 radical (unpaired) electrons. The van der Waals surface area contributed by atoms with Gasteiger partial charge in [-0.2, -0.15) is 0 Å².